The van der Waals surface area contributed by atoms with E-state index < -0.39 is 0 Å². The van der Waals surface area contributed by atoms with Crippen molar-refractivity contribution >= 4 is 44.7 Å². The first-order chi connectivity index (χ1) is 12.7. The standard InChI is InChI=1S/C19H16N2O2S3/c1-21-18(22)16-14(15-8-5-10-24-15)12-26-17(16)20-19(21)25-11-9-23-13-6-3-2-4-7-13/h2-8,10,12H,9,11H2,1H3. The van der Waals surface area contributed by atoms with E-state index in [0.717, 1.165) is 31.9 Å². The number of thioether (sulfide) groups is 1. The summed E-state index contributed by atoms with van der Waals surface area (Å²) < 4.78 is 7.34. The molecule has 0 saturated carbocycles. The van der Waals surface area contributed by atoms with Gasteiger partial charge in [-0.3, -0.25) is 9.36 Å². The first kappa shape index (κ1) is 17.3. The maximum atomic E-state index is 12.9. The SMILES string of the molecule is Cn1c(SCCOc2ccccc2)nc2scc(-c3cccs3)c2c1=O. The number of nitrogens with zero attached hydrogens (tertiary/aromatic N) is 2. The van der Waals surface area contributed by atoms with Crippen LogP contribution in [0.5, 0.6) is 5.75 Å². The normalized spacial score (nSPS) is 11.1. The second-order valence-electron chi connectivity index (χ2n) is 5.58. The number of thiophene rings is 2. The summed E-state index contributed by atoms with van der Waals surface area (Å²) in [5.41, 5.74) is 0.989. The quantitative estimate of drug-likeness (QED) is 0.262. The molecule has 3 heterocycles. The molecule has 0 aliphatic heterocycles. The van der Waals surface area contributed by atoms with E-state index in [9.17, 15) is 4.79 Å². The van der Waals surface area contributed by atoms with Gasteiger partial charge in [-0.05, 0) is 23.6 Å². The molecule has 26 heavy (non-hydrogen) atoms. The van der Waals surface area contributed by atoms with Gasteiger partial charge in [0.1, 0.15) is 10.6 Å². The van der Waals surface area contributed by atoms with Gasteiger partial charge in [0, 0.05) is 28.6 Å². The molecule has 7 heteroatoms. The van der Waals surface area contributed by atoms with Gasteiger partial charge in [-0.15, -0.1) is 22.7 Å². The molecule has 0 aliphatic rings. The molecule has 0 N–H and O–H groups in total. The van der Waals surface area contributed by atoms with E-state index in [2.05, 4.69) is 0 Å². The molecule has 0 unspecified atom stereocenters. The van der Waals surface area contributed by atoms with E-state index in [1.807, 2.05) is 53.2 Å². The Kier molecular flexibility index (Phi) is 5.10. The third-order valence-electron chi connectivity index (χ3n) is 3.89. The predicted octanol–water partition coefficient (Wildman–Crippen LogP) is 4.89. The van der Waals surface area contributed by atoms with Crippen molar-refractivity contribution in [3.63, 3.8) is 0 Å². The monoisotopic (exact) mass is 400 g/mol. The molecule has 4 rings (SSSR count). The number of para-hydroxylation sites is 1. The van der Waals surface area contributed by atoms with Gasteiger partial charge < -0.3 is 4.74 Å². The highest BCUT2D eigenvalue weighted by molar-refractivity contribution is 7.99. The van der Waals surface area contributed by atoms with Crippen LogP contribution in [0.2, 0.25) is 0 Å². The van der Waals surface area contributed by atoms with Crippen molar-refractivity contribution in [2.24, 2.45) is 7.05 Å². The molecule has 3 aromatic heterocycles. The Labute approximate surface area is 163 Å². The molecule has 0 atom stereocenters. The molecular weight excluding hydrogens is 384 g/mol. The molecule has 4 aromatic rings. The first-order valence-corrected chi connectivity index (χ1v) is 10.8. The van der Waals surface area contributed by atoms with Gasteiger partial charge >= 0.3 is 0 Å². The van der Waals surface area contributed by atoms with Crippen LogP contribution in [0.1, 0.15) is 0 Å². The fourth-order valence-electron chi connectivity index (χ4n) is 2.60. The van der Waals surface area contributed by atoms with E-state index in [-0.39, 0.29) is 5.56 Å². The Morgan fingerprint density at radius 2 is 2.00 bits per heavy atom. The number of rotatable bonds is 6. The predicted molar refractivity (Wildman–Crippen MR) is 111 cm³/mol. The summed E-state index contributed by atoms with van der Waals surface area (Å²) in [6.07, 6.45) is 0. The van der Waals surface area contributed by atoms with E-state index in [1.54, 1.807) is 23.0 Å². The Morgan fingerprint density at radius 1 is 1.15 bits per heavy atom. The number of hydrogen-bond donors (Lipinski definition) is 0. The summed E-state index contributed by atoms with van der Waals surface area (Å²) in [4.78, 5) is 19.5. The molecule has 0 radical (unpaired) electrons. The fourth-order valence-corrected chi connectivity index (χ4v) is 5.20. The number of hydrogen-bond acceptors (Lipinski definition) is 6. The zero-order valence-electron chi connectivity index (χ0n) is 14.0. The zero-order chi connectivity index (χ0) is 17.9. The molecule has 132 valence electrons. The van der Waals surface area contributed by atoms with Crippen LogP contribution in [0.3, 0.4) is 0 Å². The molecule has 0 spiro atoms. The summed E-state index contributed by atoms with van der Waals surface area (Å²) in [5, 5.41) is 5.48. The van der Waals surface area contributed by atoms with Gasteiger partial charge in [0.05, 0.1) is 12.0 Å². The third-order valence-corrected chi connectivity index (χ3v) is 6.66. The average molecular weight is 401 g/mol. The molecule has 0 fully saturated rings. The van der Waals surface area contributed by atoms with Crippen molar-refractivity contribution in [3.8, 4) is 16.2 Å². The topological polar surface area (TPSA) is 44.1 Å². The third kappa shape index (κ3) is 3.42. The van der Waals surface area contributed by atoms with Crippen LogP contribution >= 0.6 is 34.4 Å². The summed E-state index contributed by atoms with van der Waals surface area (Å²) in [6.45, 7) is 0.563. The summed E-state index contributed by atoms with van der Waals surface area (Å²) in [7, 11) is 1.78. The second-order valence-corrected chi connectivity index (χ2v) is 8.44. The molecular formula is C19H16N2O2S3. The van der Waals surface area contributed by atoms with Crippen molar-refractivity contribution < 1.29 is 4.74 Å². The number of fused-ring (bicyclic) bond motifs is 1. The van der Waals surface area contributed by atoms with Gasteiger partial charge in [0.2, 0.25) is 0 Å². The summed E-state index contributed by atoms with van der Waals surface area (Å²) in [5.74, 6) is 1.58. The van der Waals surface area contributed by atoms with Crippen LogP contribution in [0, 0.1) is 0 Å². The first-order valence-electron chi connectivity index (χ1n) is 8.07. The van der Waals surface area contributed by atoms with Crippen molar-refractivity contribution in [2.75, 3.05) is 12.4 Å². The van der Waals surface area contributed by atoms with Crippen molar-refractivity contribution in [3.05, 3.63) is 63.6 Å². The van der Waals surface area contributed by atoms with E-state index >= 15 is 0 Å². The highest BCUT2D eigenvalue weighted by Crippen LogP contribution is 2.34. The van der Waals surface area contributed by atoms with Crippen LogP contribution in [0.25, 0.3) is 20.7 Å². The smallest absolute Gasteiger partial charge is 0.263 e. The molecule has 1 aromatic carbocycles. The highest BCUT2D eigenvalue weighted by Gasteiger charge is 2.16. The fraction of sp³-hybridized carbons (Fsp3) is 0.158. The molecule has 0 amide bonds. The van der Waals surface area contributed by atoms with Crippen LogP contribution in [0.15, 0.2) is 63.2 Å². The van der Waals surface area contributed by atoms with E-state index in [4.69, 9.17) is 9.72 Å². The van der Waals surface area contributed by atoms with Crippen molar-refractivity contribution in [1.82, 2.24) is 9.55 Å². The molecule has 0 saturated heterocycles. The largest absolute Gasteiger partial charge is 0.493 e. The molecule has 4 nitrogen and oxygen atoms in total. The van der Waals surface area contributed by atoms with Crippen molar-refractivity contribution in [1.29, 1.82) is 0 Å². The molecule has 0 aliphatic carbocycles. The van der Waals surface area contributed by atoms with E-state index in [1.165, 1.54) is 23.1 Å². The minimum Gasteiger partial charge on any atom is -0.493 e. The summed E-state index contributed by atoms with van der Waals surface area (Å²) in [6, 6.07) is 13.8. The van der Waals surface area contributed by atoms with Gasteiger partial charge in [-0.2, -0.15) is 0 Å². The lowest BCUT2D eigenvalue weighted by Crippen LogP contribution is -2.20. The zero-order valence-corrected chi connectivity index (χ0v) is 16.5. The average Bonchev–Trinajstić information content (AvgIpc) is 3.33. The Morgan fingerprint density at radius 3 is 2.77 bits per heavy atom. The van der Waals surface area contributed by atoms with Gasteiger partial charge in [0.25, 0.3) is 5.56 Å². The maximum absolute atomic E-state index is 12.9. The lowest BCUT2D eigenvalue weighted by molar-refractivity contribution is 0.344. The minimum absolute atomic E-state index is 0.00567. The Bertz CT molecular complexity index is 1070. The van der Waals surface area contributed by atoms with Crippen LogP contribution in [-0.4, -0.2) is 21.9 Å². The Hall–Kier alpha value is -2.09. The maximum Gasteiger partial charge on any atom is 0.263 e. The van der Waals surface area contributed by atoms with Gasteiger partial charge in [0.15, 0.2) is 5.16 Å². The lowest BCUT2D eigenvalue weighted by atomic mass is 10.2. The highest BCUT2D eigenvalue weighted by atomic mass is 32.2. The van der Waals surface area contributed by atoms with E-state index in [0.29, 0.717) is 12.0 Å². The van der Waals surface area contributed by atoms with Crippen molar-refractivity contribution in [2.45, 2.75) is 5.16 Å². The minimum atomic E-state index is 0.00567. The van der Waals surface area contributed by atoms with Gasteiger partial charge in [-0.25, -0.2) is 4.98 Å². The second kappa shape index (κ2) is 7.65. The number of benzene rings is 1. The molecule has 0 bridgehead atoms. The van der Waals surface area contributed by atoms with Crippen LogP contribution in [0.4, 0.5) is 0 Å². The Balaban J connectivity index is 1.53. The number of ether oxygens (including phenoxy) is 1. The van der Waals surface area contributed by atoms with Gasteiger partial charge in [-0.1, -0.05) is 36.0 Å². The van der Waals surface area contributed by atoms with Crippen LogP contribution in [-0.2, 0) is 7.05 Å². The summed E-state index contributed by atoms with van der Waals surface area (Å²) >= 11 is 4.70. The number of aromatic nitrogens is 2. The lowest BCUT2D eigenvalue weighted by Gasteiger charge is -2.08. The van der Waals surface area contributed by atoms with Crippen LogP contribution < -0.4 is 10.3 Å².